The van der Waals surface area contributed by atoms with Crippen LogP contribution in [0.3, 0.4) is 0 Å². The molecular weight excluding hydrogens is 306 g/mol. The Morgan fingerprint density at radius 1 is 0.889 bits per heavy atom. The zero-order valence-corrected chi connectivity index (χ0v) is 13.5. The molecule has 0 amide bonds. The number of nitrogens with zero attached hydrogens (tertiary/aromatic N) is 1. The van der Waals surface area contributed by atoms with E-state index in [9.17, 15) is 10.2 Å². The van der Waals surface area contributed by atoms with Gasteiger partial charge in [0.2, 0.25) is 0 Å². The highest BCUT2D eigenvalue weighted by Gasteiger charge is 2.46. The van der Waals surface area contributed by atoms with Crippen molar-refractivity contribution in [1.29, 1.82) is 0 Å². The highest BCUT2D eigenvalue weighted by Crippen LogP contribution is 2.48. The number of aliphatic hydroxyl groups excluding tert-OH is 2. The van der Waals surface area contributed by atoms with E-state index >= 15 is 0 Å². The molecule has 3 aliphatic heterocycles. The molecule has 6 atom stereocenters. The number of hydrogen-bond donors (Lipinski definition) is 2. The van der Waals surface area contributed by atoms with E-state index in [-0.39, 0.29) is 12.2 Å². The number of rotatable bonds is 2. The molecular formula is C11H19NO2S4. The predicted molar refractivity (Wildman–Crippen MR) is 84.3 cm³/mol. The third-order valence-corrected chi connectivity index (χ3v) is 10.1. The first kappa shape index (κ1) is 14.2. The van der Waals surface area contributed by atoms with Crippen LogP contribution in [0.25, 0.3) is 0 Å². The van der Waals surface area contributed by atoms with E-state index < -0.39 is 0 Å². The molecule has 0 spiro atoms. The summed E-state index contributed by atoms with van der Waals surface area (Å²) in [5.74, 6) is 1.72. The van der Waals surface area contributed by atoms with Gasteiger partial charge < -0.3 is 10.2 Å². The second-order valence-corrected chi connectivity index (χ2v) is 10.4. The van der Waals surface area contributed by atoms with Gasteiger partial charge in [0.25, 0.3) is 0 Å². The lowest BCUT2D eigenvalue weighted by molar-refractivity contribution is 0.122. The molecule has 3 nitrogen and oxygen atoms in total. The number of hydrogen-bond acceptors (Lipinski definition) is 7. The molecule has 0 aromatic carbocycles. The van der Waals surface area contributed by atoms with Crippen LogP contribution in [0.4, 0.5) is 0 Å². The van der Waals surface area contributed by atoms with E-state index in [1.807, 2.05) is 21.6 Å². The van der Waals surface area contributed by atoms with Crippen LogP contribution in [0.5, 0.6) is 0 Å². The van der Waals surface area contributed by atoms with Crippen molar-refractivity contribution >= 4 is 43.2 Å². The molecule has 0 saturated carbocycles. The van der Waals surface area contributed by atoms with Gasteiger partial charge in [0.1, 0.15) is 0 Å². The predicted octanol–water partition coefficient (Wildman–Crippen LogP) is 1.70. The minimum Gasteiger partial charge on any atom is -0.391 e. The molecule has 0 radical (unpaired) electrons. The van der Waals surface area contributed by atoms with Crippen molar-refractivity contribution in [3.05, 3.63) is 0 Å². The molecule has 3 rings (SSSR count). The van der Waals surface area contributed by atoms with Crippen LogP contribution in [0.15, 0.2) is 0 Å². The highest BCUT2D eigenvalue weighted by atomic mass is 33.1. The quantitative estimate of drug-likeness (QED) is 0.749. The summed E-state index contributed by atoms with van der Waals surface area (Å²) >= 11 is 0. The van der Waals surface area contributed by atoms with Crippen LogP contribution in [0.1, 0.15) is 12.8 Å². The van der Waals surface area contributed by atoms with Gasteiger partial charge in [0.15, 0.2) is 0 Å². The van der Waals surface area contributed by atoms with Crippen molar-refractivity contribution in [3.63, 3.8) is 0 Å². The Labute approximate surface area is 124 Å². The van der Waals surface area contributed by atoms with Crippen LogP contribution in [0.2, 0.25) is 0 Å². The topological polar surface area (TPSA) is 43.7 Å². The minimum absolute atomic E-state index is 0.165. The van der Waals surface area contributed by atoms with Gasteiger partial charge in [-0.25, -0.2) is 0 Å². The lowest BCUT2D eigenvalue weighted by Gasteiger charge is -2.33. The average Bonchev–Trinajstić information content (AvgIpc) is 3.01. The molecule has 18 heavy (non-hydrogen) atoms. The van der Waals surface area contributed by atoms with Crippen molar-refractivity contribution in [2.75, 3.05) is 18.6 Å². The molecule has 2 N–H and O–H groups in total. The Bertz CT molecular complexity index is 281. The van der Waals surface area contributed by atoms with E-state index in [1.165, 1.54) is 0 Å². The summed E-state index contributed by atoms with van der Waals surface area (Å²) < 4.78 is 0. The van der Waals surface area contributed by atoms with E-state index in [0.717, 1.165) is 24.3 Å². The van der Waals surface area contributed by atoms with Crippen LogP contribution >= 0.6 is 43.2 Å². The second-order valence-electron chi connectivity index (χ2n) is 5.20. The van der Waals surface area contributed by atoms with E-state index in [0.29, 0.717) is 22.6 Å². The molecule has 3 saturated heterocycles. The first-order chi connectivity index (χ1) is 8.68. The zero-order valence-electron chi connectivity index (χ0n) is 10.3. The van der Waals surface area contributed by atoms with Crippen LogP contribution in [-0.4, -0.2) is 68.5 Å². The van der Waals surface area contributed by atoms with Crippen molar-refractivity contribution in [2.45, 2.75) is 47.6 Å². The molecule has 0 aliphatic carbocycles. The lowest BCUT2D eigenvalue weighted by atomic mass is 10.1. The first-order valence-corrected chi connectivity index (χ1v) is 11.1. The third kappa shape index (κ3) is 2.56. The molecule has 3 aliphatic rings. The summed E-state index contributed by atoms with van der Waals surface area (Å²) in [6, 6.07) is 0.951. The maximum absolute atomic E-state index is 10.0. The van der Waals surface area contributed by atoms with Crippen LogP contribution in [-0.2, 0) is 0 Å². The number of likely N-dealkylation sites (tertiary alicyclic amines) is 1. The van der Waals surface area contributed by atoms with Gasteiger partial charge in [0, 0.05) is 23.6 Å². The van der Waals surface area contributed by atoms with E-state index in [2.05, 4.69) is 11.9 Å². The third-order valence-electron chi connectivity index (χ3n) is 4.16. The monoisotopic (exact) mass is 325 g/mol. The molecule has 0 unspecified atom stereocenters. The summed E-state index contributed by atoms with van der Waals surface area (Å²) in [5, 5.41) is 20.8. The largest absolute Gasteiger partial charge is 0.391 e. The summed E-state index contributed by atoms with van der Waals surface area (Å²) in [6.45, 7) is 0. The fourth-order valence-electron chi connectivity index (χ4n) is 3.12. The normalized spacial score (nSPS) is 50.2. The lowest BCUT2D eigenvalue weighted by Crippen LogP contribution is -2.47. The fraction of sp³-hybridized carbons (Fsp3) is 1.00. The maximum Gasteiger partial charge on any atom is 0.0780 e. The van der Waals surface area contributed by atoms with Gasteiger partial charge in [-0.05, 0) is 19.9 Å². The summed E-state index contributed by atoms with van der Waals surface area (Å²) in [4.78, 5) is 2.43. The van der Waals surface area contributed by atoms with Gasteiger partial charge in [-0.1, -0.05) is 43.2 Å². The Kier molecular flexibility index (Phi) is 4.71. The molecule has 3 heterocycles. The minimum atomic E-state index is -0.165. The van der Waals surface area contributed by atoms with E-state index in [1.54, 1.807) is 21.6 Å². The van der Waals surface area contributed by atoms with Crippen molar-refractivity contribution < 1.29 is 10.2 Å². The Morgan fingerprint density at radius 3 is 1.67 bits per heavy atom. The van der Waals surface area contributed by atoms with Gasteiger partial charge in [-0.3, -0.25) is 4.90 Å². The van der Waals surface area contributed by atoms with Gasteiger partial charge in [-0.15, -0.1) is 0 Å². The second kappa shape index (κ2) is 5.95. The van der Waals surface area contributed by atoms with Crippen molar-refractivity contribution in [3.8, 4) is 0 Å². The number of aliphatic hydroxyl groups is 2. The van der Waals surface area contributed by atoms with Gasteiger partial charge in [0.05, 0.1) is 22.7 Å². The molecule has 104 valence electrons. The van der Waals surface area contributed by atoms with Crippen molar-refractivity contribution in [2.24, 2.45) is 0 Å². The fourth-order valence-corrected chi connectivity index (χ4v) is 9.68. The standard InChI is InChI=1S/C11H19NO2S4/c1-12-6(10-8(13)4-15-17-10)2-3-7(12)11-9(14)5-16-18-11/h6-11,13-14H,2-5H2,1H3/t6-,7-,8+,9+,10+,11+/m1/s1. The Balaban J connectivity index is 1.66. The summed E-state index contributed by atoms with van der Waals surface area (Å²) in [6.07, 6.45) is 1.99. The molecule has 0 aromatic heterocycles. The van der Waals surface area contributed by atoms with E-state index in [4.69, 9.17) is 0 Å². The Hall–Kier alpha value is 1.28. The first-order valence-electron chi connectivity index (χ1n) is 6.33. The van der Waals surface area contributed by atoms with Gasteiger partial charge in [-0.2, -0.15) is 0 Å². The Morgan fingerprint density at radius 2 is 1.33 bits per heavy atom. The highest BCUT2D eigenvalue weighted by molar-refractivity contribution is 8.77. The molecule has 0 aromatic rings. The van der Waals surface area contributed by atoms with Crippen molar-refractivity contribution in [1.82, 2.24) is 4.90 Å². The van der Waals surface area contributed by atoms with Gasteiger partial charge >= 0.3 is 0 Å². The van der Waals surface area contributed by atoms with Crippen LogP contribution < -0.4 is 0 Å². The smallest absolute Gasteiger partial charge is 0.0780 e. The van der Waals surface area contributed by atoms with Crippen LogP contribution in [0, 0.1) is 0 Å². The zero-order chi connectivity index (χ0) is 12.7. The SMILES string of the molecule is CN1[C@@H]([C@@H]2SSC[C@@H]2O)CC[C@@H]1[C@@H]1SSC[C@@H]1O. The molecule has 0 bridgehead atoms. The molecule has 3 fully saturated rings. The maximum atomic E-state index is 10.0. The average molecular weight is 326 g/mol. The molecule has 7 heteroatoms. The summed E-state index contributed by atoms with van der Waals surface area (Å²) in [7, 11) is 9.46. The summed E-state index contributed by atoms with van der Waals surface area (Å²) in [5.41, 5.74) is 0.